The predicted octanol–water partition coefficient (Wildman–Crippen LogP) is 7.19. The fourth-order valence-electron chi connectivity index (χ4n) is 4.09. The molecule has 1 aromatic carbocycles. The molecular weight excluding hydrogens is 339 g/mol. The third-order valence-corrected chi connectivity index (χ3v) is 6.36. The van der Waals surface area contributed by atoms with Crippen LogP contribution < -0.4 is 0 Å². The van der Waals surface area contributed by atoms with Crippen molar-refractivity contribution in [3.63, 3.8) is 0 Å². The molecule has 0 heterocycles. The number of rotatable bonds is 3. The maximum absolute atomic E-state index is 14.9. The van der Waals surface area contributed by atoms with Crippen molar-refractivity contribution >= 4 is 29.8 Å². The molecule has 24 heavy (non-hydrogen) atoms. The van der Waals surface area contributed by atoms with Gasteiger partial charge < -0.3 is 0 Å². The van der Waals surface area contributed by atoms with Crippen LogP contribution in [0.2, 0.25) is 5.02 Å². The van der Waals surface area contributed by atoms with Crippen LogP contribution in [0.4, 0.5) is 4.39 Å². The lowest BCUT2D eigenvalue weighted by Gasteiger charge is -2.28. The average molecular weight is 365 g/mol. The van der Waals surface area contributed by atoms with Crippen molar-refractivity contribution < 1.29 is 4.39 Å². The molecule has 0 saturated heterocycles. The summed E-state index contributed by atoms with van der Waals surface area (Å²) < 4.78 is 14.9. The smallest absolute Gasteiger partial charge is 0.145 e. The van der Waals surface area contributed by atoms with E-state index in [9.17, 15) is 4.39 Å². The van der Waals surface area contributed by atoms with Crippen LogP contribution in [0.3, 0.4) is 0 Å². The molecule has 1 fully saturated rings. The highest BCUT2D eigenvalue weighted by molar-refractivity contribution is 7.80. The molecule has 1 saturated carbocycles. The van der Waals surface area contributed by atoms with E-state index in [0.29, 0.717) is 22.1 Å². The van der Waals surface area contributed by atoms with Crippen LogP contribution in [0.15, 0.2) is 30.4 Å². The molecule has 0 bridgehead atoms. The summed E-state index contributed by atoms with van der Waals surface area (Å²) >= 11 is 10.9. The third-order valence-electron chi connectivity index (χ3n) is 5.52. The lowest BCUT2D eigenvalue weighted by atomic mass is 9.78. The largest absolute Gasteiger partial charge is 0.205 e. The van der Waals surface area contributed by atoms with E-state index in [-0.39, 0.29) is 5.82 Å². The second-order valence-corrected chi connectivity index (χ2v) is 8.23. The molecule has 0 N–H and O–H groups in total. The SMILES string of the molecule is C/C=C/C1CCC(c2ccc(C3=CCC(S)CC3)c(Cl)c2F)CC1. The van der Waals surface area contributed by atoms with E-state index in [1.165, 1.54) is 5.57 Å². The lowest BCUT2D eigenvalue weighted by Crippen LogP contribution is -2.13. The molecular formula is C21H26ClFS. The standard InChI is InChI=1S/C21H26ClFS/c1-2-3-14-4-6-16(7-5-14)19-13-12-18(20(22)21(19)23)15-8-10-17(24)11-9-15/h2-3,8,12-14,16-17,24H,4-7,9-11H2,1H3/b3-2+. The summed E-state index contributed by atoms with van der Waals surface area (Å²) in [6.07, 6.45) is 13.9. The molecule has 3 heteroatoms. The molecule has 0 aliphatic heterocycles. The molecule has 1 atom stereocenters. The quantitative estimate of drug-likeness (QED) is 0.425. The van der Waals surface area contributed by atoms with Gasteiger partial charge >= 0.3 is 0 Å². The summed E-state index contributed by atoms with van der Waals surface area (Å²) in [5, 5.41) is 0.732. The van der Waals surface area contributed by atoms with Crippen molar-refractivity contribution in [3.05, 3.63) is 52.3 Å². The van der Waals surface area contributed by atoms with Crippen LogP contribution in [0, 0.1) is 11.7 Å². The Labute approximate surface area is 155 Å². The van der Waals surface area contributed by atoms with Crippen LogP contribution in [0.1, 0.15) is 68.9 Å². The summed E-state index contributed by atoms with van der Waals surface area (Å²) in [6, 6.07) is 4.01. The number of hydrogen-bond donors (Lipinski definition) is 1. The first kappa shape index (κ1) is 18.1. The summed E-state index contributed by atoms with van der Waals surface area (Å²) in [6.45, 7) is 2.07. The molecule has 3 rings (SSSR count). The zero-order valence-electron chi connectivity index (χ0n) is 14.3. The minimum atomic E-state index is -0.197. The number of allylic oxidation sites excluding steroid dienone is 4. The van der Waals surface area contributed by atoms with E-state index < -0.39 is 0 Å². The summed E-state index contributed by atoms with van der Waals surface area (Å²) in [5.41, 5.74) is 2.86. The first-order valence-electron chi connectivity index (χ1n) is 9.08. The highest BCUT2D eigenvalue weighted by Gasteiger charge is 2.25. The number of hydrogen-bond acceptors (Lipinski definition) is 1. The fourth-order valence-corrected chi connectivity index (χ4v) is 4.62. The highest BCUT2D eigenvalue weighted by atomic mass is 35.5. The average Bonchev–Trinajstić information content (AvgIpc) is 2.59. The zero-order valence-corrected chi connectivity index (χ0v) is 15.9. The van der Waals surface area contributed by atoms with E-state index in [1.807, 2.05) is 12.1 Å². The predicted molar refractivity (Wildman–Crippen MR) is 106 cm³/mol. The second kappa shape index (κ2) is 8.10. The maximum Gasteiger partial charge on any atom is 0.145 e. The minimum absolute atomic E-state index is 0.197. The monoisotopic (exact) mass is 364 g/mol. The first-order chi connectivity index (χ1) is 11.6. The van der Waals surface area contributed by atoms with Crippen LogP contribution in [-0.2, 0) is 0 Å². The van der Waals surface area contributed by atoms with E-state index in [4.69, 9.17) is 11.6 Å². The van der Waals surface area contributed by atoms with Gasteiger partial charge in [0.05, 0.1) is 5.02 Å². The summed E-state index contributed by atoms with van der Waals surface area (Å²) in [4.78, 5) is 0. The third kappa shape index (κ3) is 3.91. The van der Waals surface area contributed by atoms with Crippen molar-refractivity contribution in [3.8, 4) is 0 Å². The first-order valence-corrected chi connectivity index (χ1v) is 9.97. The zero-order chi connectivity index (χ0) is 17.1. The lowest BCUT2D eigenvalue weighted by molar-refractivity contribution is 0.368. The van der Waals surface area contributed by atoms with Gasteiger partial charge in [0.1, 0.15) is 5.82 Å². The summed E-state index contributed by atoms with van der Waals surface area (Å²) in [7, 11) is 0. The Morgan fingerprint density at radius 1 is 1.17 bits per heavy atom. The maximum atomic E-state index is 14.9. The van der Waals surface area contributed by atoms with Crippen molar-refractivity contribution in [2.45, 2.75) is 63.0 Å². The van der Waals surface area contributed by atoms with Crippen molar-refractivity contribution in [2.75, 3.05) is 0 Å². The van der Waals surface area contributed by atoms with Gasteiger partial charge in [-0.05, 0) is 80.4 Å². The van der Waals surface area contributed by atoms with Gasteiger partial charge in [0.2, 0.25) is 0 Å². The van der Waals surface area contributed by atoms with E-state index in [0.717, 1.165) is 56.1 Å². The number of benzene rings is 1. The Kier molecular flexibility index (Phi) is 6.10. The molecule has 0 amide bonds. The summed E-state index contributed by atoms with van der Waals surface area (Å²) in [5.74, 6) is 0.767. The normalized spacial score (nSPS) is 28.2. The molecule has 0 radical (unpaired) electrons. The van der Waals surface area contributed by atoms with Gasteiger partial charge in [-0.15, -0.1) is 0 Å². The molecule has 130 valence electrons. The Morgan fingerprint density at radius 3 is 2.54 bits per heavy atom. The molecule has 1 aromatic rings. The molecule has 0 spiro atoms. The molecule has 2 aliphatic carbocycles. The van der Waals surface area contributed by atoms with Gasteiger partial charge in [-0.2, -0.15) is 12.6 Å². The number of halogens is 2. The molecule has 0 aromatic heterocycles. The Hall–Kier alpha value is -0.730. The molecule has 0 nitrogen and oxygen atoms in total. The fraction of sp³-hybridized carbons (Fsp3) is 0.524. The Balaban J connectivity index is 1.78. The Bertz CT molecular complexity index is 641. The van der Waals surface area contributed by atoms with Gasteiger partial charge in [-0.25, -0.2) is 4.39 Å². The van der Waals surface area contributed by atoms with Gasteiger partial charge in [0, 0.05) is 5.25 Å². The van der Waals surface area contributed by atoms with Gasteiger partial charge in [-0.3, -0.25) is 0 Å². The van der Waals surface area contributed by atoms with E-state index >= 15 is 0 Å². The van der Waals surface area contributed by atoms with Crippen LogP contribution >= 0.6 is 24.2 Å². The minimum Gasteiger partial charge on any atom is -0.205 e. The van der Waals surface area contributed by atoms with Crippen molar-refractivity contribution in [2.24, 2.45) is 5.92 Å². The second-order valence-electron chi connectivity index (χ2n) is 7.13. The number of thiol groups is 1. The van der Waals surface area contributed by atoms with Gasteiger partial charge in [0.25, 0.3) is 0 Å². The van der Waals surface area contributed by atoms with Crippen molar-refractivity contribution in [1.29, 1.82) is 0 Å². The van der Waals surface area contributed by atoms with Crippen LogP contribution in [0.25, 0.3) is 5.57 Å². The molecule has 1 unspecified atom stereocenters. The topological polar surface area (TPSA) is 0 Å². The van der Waals surface area contributed by atoms with Crippen molar-refractivity contribution in [1.82, 2.24) is 0 Å². The van der Waals surface area contributed by atoms with Gasteiger partial charge in [-0.1, -0.05) is 42.0 Å². The van der Waals surface area contributed by atoms with E-state index in [1.54, 1.807) is 0 Å². The van der Waals surface area contributed by atoms with Crippen LogP contribution in [-0.4, -0.2) is 5.25 Å². The van der Waals surface area contributed by atoms with Gasteiger partial charge in [0.15, 0.2) is 0 Å². The molecule has 2 aliphatic rings. The highest BCUT2D eigenvalue weighted by Crippen LogP contribution is 2.41. The van der Waals surface area contributed by atoms with Crippen LogP contribution in [0.5, 0.6) is 0 Å². The van der Waals surface area contributed by atoms with E-state index in [2.05, 4.69) is 37.8 Å². The Morgan fingerprint density at radius 2 is 1.92 bits per heavy atom.